The van der Waals surface area contributed by atoms with Gasteiger partial charge in [-0.05, 0) is 36.6 Å². The predicted octanol–water partition coefficient (Wildman–Crippen LogP) is 4.52. The summed E-state index contributed by atoms with van der Waals surface area (Å²) >= 11 is 0. The number of ether oxygens (including phenoxy) is 2. The number of para-hydroxylation sites is 1. The van der Waals surface area contributed by atoms with E-state index in [1.807, 2.05) is 54.6 Å². The smallest absolute Gasteiger partial charge is 0.243 e. The molecule has 0 aromatic heterocycles. The van der Waals surface area contributed by atoms with Gasteiger partial charge in [0.2, 0.25) is 5.91 Å². The minimum Gasteiger partial charge on any atom is -0.497 e. The van der Waals surface area contributed by atoms with Crippen molar-refractivity contribution in [2.24, 2.45) is 11.0 Å². The van der Waals surface area contributed by atoms with Crippen molar-refractivity contribution in [3.63, 3.8) is 0 Å². The molecule has 0 N–H and O–H groups in total. The molecule has 2 aromatic carbocycles. The Bertz CT molecular complexity index is 818. The molecule has 1 unspecified atom stereocenters. The number of carbonyl (C=O) groups is 1. The van der Waals surface area contributed by atoms with E-state index in [0.717, 1.165) is 29.2 Å². The monoisotopic (exact) mass is 380 g/mol. The maximum absolute atomic E-state index is 12.8. The Labute approximate surface area is 167 Å². The van der Waals surface area contributed by atoms with Crippen LogP contribution in [-0.2, 0) is 4.79 Å². The van der Waals surface area contributed by atoms with Crippen LogP contribution in [0.5, 0.6) is 11.5 Å². The number of hydrogen-bond donors (Lipinski definition) is 0. The van der Waals surface area contributed by atoms with Gasteiger partial charge in [-0.3, -0.25) is 4.79 Å². The van der Waals surface area contributed by atoms with Gasteiger partial charge in [0.25, 0.3) is 0 Å². The maximum atomic E-state index is 12.8. The van der Waals surface area contributed by atoms with Crippen LogP contribution in [0, 0.1) is 5.92 Å². The van der Waals surface area contributed by atoms with Crippen LogP contribution in [0.1, 0.15) is 38.7 Å². The Kier molecular flexibility index (Phi) is 6.69. The number of nitrogens with zero attached hydrogens (tertiary/aromatic N) is 2. The van der Waals surface area contributed by atoms with Gasteiger partial charge in [0.05, 0.1) is 25.5 Å². The number of methoxy groups -OCH3 is 1. The van der Waals surface area contributed by atoms with Gasteiger partial charge < -0.3 is 9.47 Å². The lowest BCUT2D eigenvalue weighted by Crippen LogP contribution is -2.36. The van der Waals surface area contributed by atoms with E-state index in [1.165, 1.54) is 0 Å². The van der Waals surface area contributed by atoms with Crippen LogP contribution >= 0.6 is 0 Å². The normalized spacial score (nSPS) is 16.2. The average molecular weight is 380 g/mol. The second-order valence-corrected chi connectivity index (χ2v) is 7.30. The summed E-state index contributed by atoms with van der Waals surface area (Å²) in [4.78, 5) is 12.8. The van der Waals surface area contributed by atoms with E-state index in [2.05, 4.69) is 18.9 Å². The van der Waals surface area contributed by atoms with Crippen molar-refractivity contribution in [2.45, 2.75) is 39.2 Å². The summed E-state index contributed by atoms with van der Waals surface area (Å²) < 4.78 is 11.0. The summed E-state index contributed by atoms with van der Waals surface area (Å²) in [5.74, 6) is 2.00. The highest BCUT2D eigenvalue weighted by atomic mass is 16.5. The molecule has 5 nitrogen and oxygen atoms in total. The molecule has 1 aliphatic heterocycles. The number of amides is 1. The molecule has 0 saturated heterocycles. The number of rotatable bonds is 8. The summed E-state index contributed by atoms with van der Waals surface area (Å²) in [6, 6.07) is 17.6. The predicted molar refractivity (Wildman–Crippen MR) is 111 cm³/mol. The number of hydrazone groups is 1. The first-order valence-corrected chi connectivity index (χ1v) is 9.80. The quantitative estimate of drug-likeness (QED) is 0.633. The third kappa shape index (κ3) is 4.91. The zero-order valence-corrected chi connectivity index (χ0v) is 16.8. The molecule has 1 atom stereocenters. The lowest BCUT2D eigenvalue weighted by molar-refractivity contribution is -0.133. The van der Waals surface area contributed by atoms with Gasteiger partial charge in [0.1, 0.15) is 11.5 Å². The summed E-state index contributed by atoms with van der Waals surface area (Å²) in [6.07, 6.45) is 1.85. The third-order valence-corrected chi connectivity index (χ3v) is 4.92. The third-order valence-electron chi connectivity index (χ3n) is 4.92. The molecule has 1 amide bonds. The van der Waals surface area contributed by atoms with Gasteiger partial charge in [0.15, 0.2) is 0 Å². The van der Waals surface area contributed by atoms with Crippen LogP contribution in [0.2, 0.25) is 0 Å². The van der Waals surface area contributed by atoms with E-state index in [0.29, 0.717) is 25.4 Å². The van der Waals surface area contributed by atoms with E-state index in [4.69, 9.17) is 9.47 Å². The van der Waals surface area contributed by atoms with Gasteiger partial charge in [-0.1, -0.05) is 44.2 Å². The second-order valence-electron chi connectivity index (χ2n) is 7.30. The van der Waals surface area contributed by atoms with Crippen molar-refractivity contribution in [3.8, 4) is 11.5 Å². The molecule has 2 aromatic rings. The molecular formula is C23H28N2O3. The van der Waals surface area contributed by atoms with Crippen LogP contribution in [0.3, 0.4) is 0 Å². The summed E-state index contributed by atoms with van der Waals surface area (Å²) in [5.41, 5.74) is 1.94. The number of benzene rings is 2. The van der Waals surface area contributed by atoms with Crippen molar-refractivity contribution in [2.75, 3.05) is 13.7 Å². The van der Waals surface area contributed by atoms with E-state index in [1.54, 1.807) is 12.1 Å². The van der Waals surface area contributed by atoms with E-state index in [9.17, 15) is 4.79 Å². The molecule has 0 radical (unpaired) electrons. The Morgan fingerprint density at radius 2 is 1.89 bits per heavy atom. The lowest BCUT2D eigenvalue weighted by Gasteiger charge is -2.24. The maximum Gasteiger partial charge on any atom is 0.243 e. The molecule has 3 rings (SSSR count). The van der Waals surface area contributed by atoms with Gasteiger partial charge in [-0.15, -0.1) is 0 Å². The average Bonchev–Trinajstić information content (AvgIpc) is 3.18. The van der Waals surface area contributed by atoms with Gasteiger partial charge in [-0.25, -0.2) is 5.01 Å². The molecule has 0 spiro atoms. The molecule has 0 fully saturated rings. The fourth-order valence-corrected chi connectivity index (χ4v) is 3.31. The van der Waals surface area contributed by atoms with Gasteiger partial charge in [-0.2, -0.15) is 5.10 Å². The molecule has 0 bridgehead atoms. The van der Waals surface area contributed by atoms with E-state index in [-0.39, 0.29) is 11.9 Å². The topological polar surface area (TPSA) is 51.1 Å². The largest absolute Gasteiger partial charge is 0.497 e. The Morgan fingerprint density at radius 1 is 1.14 bits per heavy atom. The highest BCUT2D eigenvalue weighted by molar-refractivity contribution is 6.03. The number of carbonyl (C=O) groups excluding carboxylic acids is 1. The highest BCUT2D eigenvalue weighted by Gasteiger charge is 2.33. The van der Waals surface area contributed by atoms with Gasteiger partial charge >= 0.3 is 0 Å². The SMILES string of the molecule is COc1cccc(C2=NN(C(=O)CCCOc3ccccc3)C(C(C)C)C2)c1. The molecule has 5 heteroatoms. The minimum absolute atomic E-state index is 0.0493. The summed E-state index contributed by atoms with van der Waals surface area (Å²) in [6.45, 7) is 4.78. The van der Waals surface area contributed by atoms with Crippen molar-refractivity contribution in [3.05, 3.63) is 60.2 Å². The molecule has 148 valence electrons. The van der Waals surface area contributed by atoms with E-state index < -0.39 is 0 Å². The van der Waals surface area contributed by atoms with E-state index >= 15 is 0 Å². The molecule has 28 heavy (non-hydrogen) atoms. The molecular weight excluding hydrogens is 352 g/mol. The molecule has 1 heterocycles. The van der Waals surface area contributed by atoms with Crippen molar-refractivity contribution in [1.82, 2.24) is 5.01 Å². The van der Waals surface area contributed by atoms with Crippen LogP contribution in [0.25, 0.3) is 0 Å². The first-order chi connectivity index (χ1) is 13.6. The Balaban J connectivity index is 1.62. The van der Waals surface area contributed by atoms with Crippen LogP contribution in [0.15, 0.2) is 59.7 Å². The first-order valence-electron chi connectivity index (χ1n) is 9.80. The summed E-state index contributed by atoms with van der Waals surface area (Å²) in [7, 11) is 1.65. The minimum atomic E-state index is 0.0493. The molecule has 0 saturated carbocycles. The lowest BCUT2D eigenvalue weighted by atomic mass is 9.96. The Hall–Kier alpha value is -2.82. The van der Waals surface area contributed by atoms with Crippen LogP contribution in [-0.4, -0.2) is 36.4 Å². The zero-order chi connectivity index (χ0) is 19.9. The number of hydrogen-bond acceptors (Lipinski definition) is 4. The van der Waals surface area contributed by atoms with Crippen LogP contribution in [0.4, 0.5) is 0 Å². The van der Waals surface area contributed by atoms with Crippen LogP contribution < -0.4 is 9.47 Å². The van der Waals surface area contributed by atoms with Gasteiger partial charge in [0, 0.05) is 18.4 Å². The standard InChI is InChI=1S/C23H28N2O3/c1-17(2)22-16-21(18-9-7-12-20(15-18)27-3)24-25(22)23(26)13-8-14-28-19-10-5-4-6-11-19/h4-7,9-12,15,17,22H,8,13-14,16H2,1-3H3. The van der Waals surface area contributed by atoms with Crippen molar-refractivity contribution >= 4 is 11.6 Å². The fourth-order valence-electron chi connectivity index (χ4n) is 3.31. The van der Waals surface area contributed by atoms with Crippen molar-refractivity contribution < 1.29 is 14.3 Å². The second kappa shape index (κ2) is 9.40. The zero-order valence-electron chi connectivity index (χ0n) is 16.8. The van der Waals surface area contributed by atoms with Crippen molar-refractivity contribution in [1.29, 1.82) is 0 Å². The Morgan fingerprint density at radius 3 is 2.61 bits per heavy atom. The summed E-state index contributed by atoms with van der Waals surface area (Å²) in [5, 5.41) is 6.36. The molecule has 1 aliphatic rings. The highest BCUT2D eigenvalue weighted by Crippen LogP contribution is 2.27. The first kappa shape index (κ1) is 19.9. The fraction of sp³-hybridized carbons (Fsp3) is 0.391. The molecule has 0 aliphatic carbocycles.